The van der Waals surface area contributed by atoms with Gasteiger partial charge in [0.15, 0.2) is 11.0 Å². The van der Waals surface area contributed by atoms with E-state index in [1.54, 1.807) is 26.2 Å². The highest BCUT2D eigenvalue weighted by Crippen LogP contribution is 2.30. The van der Waals surface area contributed by atoms with Crippen molar-refractivity contribution in [1.29, 1.82) is 0 Å². The van der Waals surface area contributed by atoms with Crippen molar-refractivity contribution in [2.75, 3.05) is 12.9 Å². The predicted octanol–water partition coefficient (Wildman–Crippen LogP) is 5.78. The van der Waals surface area contributed by atoms with Crippen molar-refractivity contribution in [3.63, 3.8) is 0 Å². The van der Waals surface area contributed by atoms with Gasteiger partial charge in [0.25, 0.3) is 11.6 Å². The van der Waals surface area contributed by atoms with Gasteiger partial charge in [0, 0.05) is 23.4 Å². The van der Waals surface area contributed by atoms with Crippen molar-refractivity contribution >= 4 is 29.1 Å². The number of nitro benzene ring substituents is 1. The lowest BCUT2D eigenvalue weighted by atomic mass is 9.87. The summed E-state index contributed by atoms with van der Waals surface area (Å²) >= 11 is 1.24. The number of hydrogen-bond donors (Lipinski definition) is 1. The van der Waals surface area contributed by atoms with E-state index in [1.807, 2.05) is 41.0 Å². The minimum Gasteiger partial charge on any atom is -0.497 e. The number of rotatable bonds is 9. The molecule has 0 unspecified atom stereocenters. The van der Waals surface area contributed by atoms with Crippen molar-refractivity contribution in [3.8, 4) is 22.8 Å². The van der Waals surface area contributed by atoms with Gasteiger partial charge in [-0.3, -0.25) is 19.5 Å². The molecule has 11 heteroatoms. The number of nitro groups is 1. The van der Waals surface area contributed by atoms with Gasteiger partial charge in [-0.15, -0.1) is 10.2 Å². The average Bonchev–Trinajstić information content (AvgIpc) is 3.38. The van der Waals surface area contributed by atoms with Gasteiger partial charge in [0.2, 0.25) is 0 Å². The third-order valence-corrected chi connectivity index (χ3v) is 7.08. The molecule has 0 fully saturated rings. The normalized spacial score (nSPS) is 11.8. The fourth-order valence-corrected chi connectivity index (χ4v) is 4.58. The first-order chi connectivity index (χ1) is 19.1. The molecule has 10 nitrogen and oxygen atoms in total. The molecule has 40 heavy (non-hydrogen) atoms. The van der Waals surface area contributed by atoms with Gasteiger partial charge >= 0.3 is 0 Å². The van der Waals surface area contributed by atoms with Gasteiger partial charge in [-0.1, -0.05) is 56.8 Å². The molecule has 0 spiro atoms. The number of amides is 1. The van der Waals surface area contributed by atoms with Crippen LogP contribution < -0.4 is 10.2 Å². The number of hydrazone groups is 1. The summed E-state index contributed by atoms with van der Waals surface area (Å²) < 4.78 is 7.22. The molecule has 1 amide bonds. The highest BCUT2D eigenvalue weighted by atomic mass is 32.2. The van der Waals surface area contributed by atoms with Gasteiger partial charge in [0.05, 0.1) is 23.5 Å². The smallest absolute Gasteiger partial charge is 0.269 e. The Morgan fingerprint density at radius 3 is 2.25 bits per heavy atom. The van der Waals surface area contributed by atoms with Crippen LogP contribution in [0.15, 0.2) is 83.1 Å². The number of carbonyl (C=O) groups excluding carboxylic acids is 1. The largest absolute Gasteiger partial charge is 0.497 e. The highest BCUT2D eigenvalue weighted by Gasteiger charge is 2.19. The molecule has 0 atom stereocenters. The van der Waals surface area contributed by atoms with E-state index in [4.69, 9.17) is 4.74 Å². The number of hydrogen-bond acceptors (Lipinski definition) is 8. The number of carbonyl (C=O) groups is 1. The lowest BCUT2D eigenvalue weighted by Crippen LogP contribution is -2.21. The average molecular weight is 559 g/mol. The number of ether oxygens (including phenoxy) is 1. The number of methoxy groups -OCH3 is 1. The van der Waals surface area contributed by atoms with Crippen LogP contribution in [-0.4, -0.2) is 44.2 Å². The molecule has 0 radical (unpaired) electrons. The maximum atomic E-state index is 12.6. The summed E-state index contributed by atoms with van der Waals surface area (Å²) in [6.45, 7) is 8.21. The minimum atomic E-state index is -0.466. The Morgan fingerprint density at radius 2 is 1.68 bits per heavy atom. The van der Waals surface area contributed by atoms with E-state index in [1.165, 1.54) is 29.5 Å². The maximum Gasteiger partial charge on any atom is 0.269 e. The van der Waals surface area contributed by atoms with E-state index in [-0.39, 0.29) is 22.8 Å². The Kier molecular flexibility index (Phi) is 8.64. The van der Waals surface area contributed by atoms with Crippen molar-refractivity contribution in [1.82, 2.24) is 20.2 Å². The van der Waals surface area contributed by atoms with Crippen LogP contribution in [0.3, 0.4) is 0 Å². The zero-order chi connectivity index (χ0) is 28.9. The van der Waals surface area contributed by atoms with Crippen molar-refractivity contribution in [2.45, 2.75) is 38.3 Å². The molecule has 206 valence electrons. The summed E-state index contributed by atoms with van der Waals surface area (Å²) in [5.74, 6) is 1.10. The van der Waals surface area contributed by atoms with Crippen molar-refractivity contribution in [2.24, 2.45) is 5.10 Å². The van der Waals surface area contributed by atoms with Gasteiger partial charge in [-0.2, -0.15) is 5.10 Å². The Labute approximate surface area is 236 Å². The lowest BCUT2D eigenvalue weighted by molar-refractivity contribution is -0.384. The zero-order valence-electron chi connectivity index (χ0n) is 22.9. The fraction of sp³-hybridized carbons (Fsp3) is 0.241. The second-order valence-corrected chi connectivity index (χ2v) is 10.9. The third kappa shape index (κ3) is 6.73. The summed E-state index contributed by atoms with van der Waals surface area (Å²) in [5.41, 5.74) is 6.68. The molecule has 4 aromatic rings. The number of benzene rings is 3. The van der Waals surface area contributed by atoms with Gasteiger partial charge < -0.3 is 4.74 Å². The first-order valence-corrected chi connectivity index (χ1v) is 13.5. The molecule has 4 rings (SSSR count). The predicted molar refractivity (Wildman–Crippen MR) is 156 cm³/mol. The maximum absolute atomic E-state index is 12.6. The Morgan fingerprint density at radius 1 is 1.02 bits per heavy atom. The molecule has 0 aliphatic heterocycles. The molecule has 0 saturated heterocycles. The molecule has 0 bridgehead atoms. The summed E-state index contributed by atoms with van der Waals surface area (Å²) in [7, 11) is 1.61. The number of non-ortho nitro benzene ring substituents is 1. The van der Waals surface area contributed by atoms with Gasteiger partial charge in [-0.05, 0) is 59.9 Å². The van der Waals surface area contributed by atoms with Crippen LogP contribution in [0.4, 0.5) is 5.69 Å². The molecule has 0 aliphatic carbocycles. The van der Waals surface area contributed by atoms with Gasteiger partial charge in [0.1, 0.15) is 5.75 Å². The lowest BCUT2D eigenvalue weighted by Gasteiger charge is -2.19. The van der Waals surface area contributed by atoms with Crippen LogP contribution in [0.25, 0.3) is 17.1 Å². The number of nitrogens with zero attached hydrogens (tertiary/aromatic N) is 5. The molecule has 1 aromatic heterocycles. The van der Waals surface area contributed by atoms with E-state index in [9.17, 15) is 14.9 Å². The molecule has 0 saturated carbocycles. The van der Waals surface area contributed by atoms with Crippen LogP contribution in [-0.2, 0) is 10.2 Å². The Bertz CT molecular complexity index is 1520. The second-order valence-electron chi connectivity index (χ2n) is 9.99. The standard InChI is InChI=1S/C29H30N6O4S/c1-19(20-8-12-24(13-9-20)35(37)38)30-31-26(36)18-40-28-33-32-27(21-6-10-22(11-7-21)29(2,3)4)34(28)23-14-16-25(39-5)17-15-23/h6-17H,18H2,1-5H3,(H,31,36). The molecular formula is C29H30N6O4S. The summed E-state index contributed by atoms with van der Waals surface area (Å²) in [6.07, 6.45) is 0. The molecule has 1 N–H and O–H groups in total. The number of aromatic nitrogens is 3. The van der Waals surface area contributed by atoms with Crippen LogP contribution in [0.1, 0.15) is 38.8 Å². The number of nitrogens with one attached hydrogen (secondary N) is 1. The van der Waals surface area contributed by atoms with E-state index in [0.29, 0.717) is 22.3 Å². The van der Waals surface area contributed by atoms with E-state index in [0.717, 1.165) is 17.0 Å². The van der Waals surface area contributed by atoms with Crippen LogP contribution in [0.2, 0.25) is 0 Å². The minimum absolute atomic E-state index is 0.0116. The first-order valence-electron chi connectivity index (χ1n) is 12.5. The summed E-state index contributed by atoms with van der Waals surface area (Å²) in [6, 6.07) is 21.8. The van der Waals surface area contributed by atoms with E-state index < -0.39 is 4.92 Å². The Hall–Kier alpha value is -4.51. The molecule has 3 aromatic carbocycles. The third-order valence-electron chi connectivity index (χ3n) is 6.15. The number of thioether (sulfide) groups is 1. The fourth-order valence-electron chi connectivity index (χ4n) is 3.83. The van der Waals surface area contributed by atoms with Crippen molar-refractivity contribution < 1.29 is 14.5 Å². The molecule has 1 heterocycles. The summed E-state index contributed by atoms with van der Waals surface area (Å²) in [4.78, 5) is 23.0. The highest BCUT2D eigenvalue weighted by molar-refractivity contribution is 7.99. The quantitative estimate of drug-likeness (QED) is 0.119. The Balaban J connectivity index is 1.54. The SMILES string of the molecule is COc1ccc(-n2c(SCC(=O)NN=C(C)c3ccc([N+](=O)[O-])cc3)nnc2-c2ccc(C(C)(C)C)cc2)cc1. The second kappa shape index (κ2) is 12.1. The van der Waals surface area contributed by atoms with Crippen molar-refractivity contribution in [3.05, 3.63) is 94.0 Å². The van der Waals surface area contributed by atoms with E-state index in [2.05, 4.69) is 53.6 Å². The monoisotopic (exact) mass is 558 g/mol. The molecule has 0 aliphatic rings. The summed E-state index contributed by atoms with van der Waals surface area (Å²) in [5, 5.41) is 24.4. The van der Waals surface area contributed by atoms with Gasteiger partial charge in [-0.25, -0.2) is 5.43 Å². The van der Waals surface area contributed by atoms with Crippen LogP contribution >= 0.6 is 11.8 Å². The van der Waals surface area contributed by atoms with Crippen LogP contribution in [0.5, 0.6) is 5.75 Å². The molecular weight excluding hydrogens is 528 g/mol. The topological polar surface area (TPSA) is 125 Å². The van der Waals surface area contributed by atoms with E-state index >= 15 is 0 Å². The zero-order valence-corrected chi connectivity index (χ0v) is 23.7. The van der Waals surface area contributed by atoms with Crippen LogP contribution in [0, 0.1) is 10.1 Å². The first kappa shape index (κ1) is 28.5.